The van der Waals surface area contributed by atoms with Gasteiger partial charge in [-0.1, -0.05) is 18.5 Å². The Balaban J connectivity index is 2.52. The van der Waals surface area contributed by atoms with Crippen molar-refractivity contribution in [2.75, 3.05) is 19.6 Å². The first-order valence-electron chi connectivity index (χ1n) is 5.05. The Labute approximate surface area is 104 Å². The standard InChI is InChI=1S/C11H13ClN2OS/c1-2-14(7-3-6-13)8-9(15)10-4-5-11(12)16-10/h4-5H,2-3,7-8H2,1H3. The minimum absolute atomic E-state index is 0.0664. The van der Waals surface area contributed by atoms with E-state index in [-0.39, 0.29) is 5.78 Å². The Kier molecular flexibility index (Phi) is 5.47. The highest BCUT2D eigenvalue weighted by molar-refractivity contribution is 7.18. The number of nitrogens with zero attached hydrogens (tertiary/aromatic N) is 2. The van der Waals surface area contributed by atoms with E-state index >= 15 is 0 Å². The summed E-state index contributed by atoms with van der Waals surface area (Å²) in [5.41, 5.74) is 0. The molecule has 5 heteroatoms. The van der Waals surface area contributed by atoms with Gasteiger partial charge in [0.25, 0.3) is 0 Å². The molecule has 0 unspecified atom stereocenters. The van der Waals surface area contributed by atoms with Crippen LogP contribution in [0.15, 0.2) is 12.1 Å². The number of halogens is 1. The molecule has 1 aromatic rings. The molecule has 0 radical (unpaired) electrons. The van der Waals surface area contributed by atoms with Crippen LogP contribution in [0.25, 0.3) is 0 Å². The largest absolute Gasteiger partial charge is 0.295 e. The highest BCUT2D eigenvalue weighted by Gasteiger charge is 2.12. The summed E-state index contributed by atoms with van der Waals surface area (Å²) in [4.78, 5) is 14.5. The van der Waals surface area contributed by atoms with Crippen LogP contribution in [0.2, 0.25) is 4.34 Å². The van der Waals surface area contributed by atoms with Crippen molar-refractivity contribution in [1.29, 1.82) is 5.26 Å². The fourth-order valence-corrected chi connectivity index (χ4v) is 2.28. The maximum absolute atomic E-state index is 11.8. The summed E-state index contributed by atoms with van der Waals surface area (Å²) >= 11 is 7.06. The minimum atomic E-state index is 0.0664. The zero-order valence-corrected chi connectivity index (χ0v) is 10.6. The van der Waals surface area contributed by atoms with Gasteiger partial charge in [-0.25, -0.2) is 0 Å². The molecule has 0 atom stereocenters. The first kappa shape index (κ1) is 13.2. The molecule has 0 fully saturated rings. The van der Waals surface area contributed by atoms with Crippen molar-refractivity contribution in [3.05, 3.63) is 21.3 Å². The second kappa shape index (κ2) is 6.64. The van der Waals surface area contributed by atoms with Crippen LogP contribution in [0.5, 0.6) is 0 Å². The van der Waals surface area contributed by atoms with E-state index in [1.807, 2.05) is 11.8 Å². The van der Waals surface area contributed by atoms with Crippen molar-refractivity contribution < 1.29 is 4.79 Å². The zero-order valence-electron chi connectivity index (χ0n) is 9.07. The van der Waals surface area contributed by atoms with Crippen LogP contribution in [-0.2, 0) is 0 Å². The van der Waals surface area contributed by atoms with Crippen molar-refractivity contribution >= 4 is 28.7 Å². The van der Waals surface area contributed by atoms with E-state index in [9.17, 15) is 4.79 Å². The quantitative estimate of drug-likeness (QED) is 0.735. The lowest BCUT2D eigenvalue weighted by atomic mass is 10.3. The molecule has 1 aromatic heterocycles. The number of carbonyl (C=O) groups is 1. The van der Waals surface area contributed by atoms with Crippen molar-refractivity contribution in [2.45, 2.75) is 13.3 Å². The van der Waals surface area contributed by atoms with Crippen LogP contribution >= 0.6 is 22.9 Å². The molecule has 0 aliphatic rings. The minimum Gasteiger partial charge on any atom is -0.295 e. The Morgan fingerprint density at radius 3 is 2.88 bits per heavy atom. The Bertz CT molecular complexity index is 397. The maximum atomic E-state index is 11.8. The van der Waals surface area contributed by atoms with Crippen LogP contribution in [0.1, 0.15) is 23.0 Å². The summed E-state index contributed by atoms with van der Waals surface area (Å²) in [7, 11) is 0. The summed E-state index contributed by atoms with van der Waals surface area (Å²) in [6, 6.07) is 5.55. The molecule has 3 nitrogen and oxygen atoms in total. The van der Waals surface area contributed by atoms with Crippen molar-refractivity contribution in [2.24, 2.45) is 0 Å². The SMILES string of the molecule is CCN(CCC#N)CC(=O)c1ccc(Cl)s1. The molecule has 0 bridgehead atoms. The second-order valence-corrected chi connectivity index (χ2v) is 5.02. The average Bonchev–Trinajstić information content (AvgIpc) is 2.70. The molecule has 0 aliphatic carbocycles. The van der Waals surface area contributed by atoms with E-state index in [4.69, 9.17) is 16.9 Å². The predicted octanol–water partition coefficient (Wildman–Crippen LogP) is 2.82. The molecule has 0 aliphatic heterocycles. The van der Waals surface area contributed by atoms with Crippen molar-refractivity contribution in [3.8, 4) is 6.07 Å². The number of hydrogen-bond acceptors (Lipinski definition) is 4. The van der Waals surface area contributed by atoms with Gasteiger partial charge < -0.3 is 0 Å². The lowest BCUT2D eigenvalue weighted by Crippen LogP contribution is -2.30. The Morgan fingerprint density at radius 1 is 1.62 bits per heavy atom. The van der Waals surface area contributed by atoms with Crippen LogP contribution in [0.4, 0.5) is 0 Å². The predicted molar refractivity (Wildman–Crippen MR) is 66.0 cm³/mol. The first-order chi connectivity index (χ1) is 7.67. The molecule has 1 heterocycles. The highest BCUT2D eigenvalue weighted by atomic mass is 35.5. The van der Waals surface area contributed by atoms with Crippen LogP contribution < -0.4 is 0 Å². The van der Waals surface area contributed by atoms with E-state index in [1.54, 1.807) is 12.1 Å². The van der Waals surface area contributed by atoms with Crippen LogP contribution in [0, 0.1) is 11.3 Å². The average molecular weight is 257 g/mol. The topological polar surface area (TPSA) is 44.1 Å². The zero-order chi connectivity index (χ0) is 12.0. The summed E-state index contributed by atoms with van der Waals surface area (Å²) in [5, 5.41) is 8.49. The normalized spacial score (nSPS) is 10.4. The summed E-state index contributed by atoms with van der Waals surface area (Å²) in [6.07, 6.45) is 0.451. The monoisotopic (exact) mass is 256 g/mol. The van der Waals surface area contributed by atoms with Gasteiger partial charge in [0.05, 0.1) is 21.8 Å². The fourth-order valence-electron chi connectivity index (χ4n) is 1.30. The highest BCUT2D eigenvalue weighted by Crippen LogP contribution is 2.21. The van der Waals surface area contributed by atoms with Gasteiger partial charge in [-0.2, -0.15) is 5.26 Å². The molecule has 0 saturated heterocycles. The number of nitriles is 1. The number of rotatable bonds is 6. The Morgan fingerprint density at radius 2 is 2.38 bits per heavy atom. The third-order valence-electron chi connectivity index (χ3n) is 2.20. The van der Waals surface area contributed by atoms with Gasteiger partial charge in [-0.3, -0.25) is 9.69 Å². The van der Waals surface area contributed by atoms with Crippen LogP contribution in [0.3, 0.4) is 0 Å². The molecule has 0 spiro atoms. The van der Waals surface area contributed by atoms with Crippen LogP contribution in [-0.4, -0.2) is 30.3 Å². The lowest BCUT2D eigenvalue weighted by molar-refractivity contribution is 0.0939. The number of ketones is 1. The van der Waals surface area contributed by atoms with E-state index in [1.165, 1.54) is 11.3 Å². The molecule has 0 amide bonds. The van der Waals surface area contributed by atoms with Gasteiger partial charge in [0.15, 0.2) is 5.78 Å². The van der Waals surface area contributed by atoms with Gasteiger partial charge in [-0.15, -0.1) is 11.3 Å². The van der Waals surface area contributed by atoms with E-state index < -0.39 is 0 Å². The molecule has 16 heavy (non-hydrogen) atoms. The third kappa shape index (κ3) is 3.93. The van der Waals surface area contributed by atoms with Gasteiger partial charge in [0.2, 0.25) is 0 Å². The van der Waals surface area contributed by atoms with Gasteiger partial charge in [0, 0.05) is 13.0 Å². The number of carbonyl (C=O) groups excluding carboxylic acids is 1. The number of Topliss-reactive ketones (excluding diaryl/α,β-unsaturated/α-hetero) is 1. The van der Waals surface area contributed by atoms with Gasteiger partial charge in [0.1, 0.15) is 0 Å². The summed E-state index contributed by atoms with van der Waals surface area (Å²) in [5.74, 6) is 0.0664. The molecular formula is C11H13ClN2OS. The van der Waals surface area contributed by atoms with Gasteiger partial charge >= 0.3 is 0 Å². The second-order valence-electron chi connectivity index (χ2n) is 3.30. The molecule has 0 aromatic carbocycles. The fraction of sp³-hybridized carbons (Fsp3) is 0.455. The van der Waals surface area contributed by atoms with E-state index in [2.05, 4.69) is 6.07 Å². The molecule has 0 saturated carbocycles. The van der Waals surface area contributed by atoms with E-state index in [0.717, 1.165) is 6.54 Å². The molecular weight excluding hydrogens is 244 g/mol. The maximum Gasteiger partial charge on any atom is 0.186 e. The summed E-state index contributed by atoms with van der Waals surface area (Å²) in [6.45, 7) is 3.74. The molecule has 1 rings (SSSR count). The van der Waals surface area contributed by atoms with Crippen molar-refractivity contribution in [1.82, 2.24) is 4.90 Å². The lowest BCUT2D eigenvalue weighted by Gasteiger charge is -2.17. The first-order valence-corrected chi connectivity index (χ1v) is 6.24. The number of likely N-dealkylation sites (N-methyl/N-ethyl adjacent to an activating group) is 1. The van der Waals surface area contributed by atoms with Crippen molar-refractivity contribution in [3.63, 3.8) is 0 Å². The third-order valence-corrected chi connectivity index (χ3v) is 3.47. The Hall–Kier alpha value is -0.890. The number of hydrogen-bond donors (Lipinski definition) is 0. The number of thiophene rings is 1. The van der Waals surface area contributed by atoms with E-state index in [0.29, 0.717) is 28.7 Å². The van der Waals surface area contributed by atoms with Gasteiger partial charge in [-0.05, 0) is 18.7 Å². The molecule has 0 N–H and O–H groups in total. The molecule has 86 valence electrons. The summed E-state index contributed by atoms with van der Waals surface area (Å²) < 4.78 is 0.628. The smallest absolute Gasteiger partial charge is 0.186 e.